The number of nitrogens with zero attached hydrogens (tertiary/aromatic N) is 2. The van der Waals surface area contributed by atoms with Gasteiger partial charge in [0.25, 0.3) is 0 Å². The molecular weight excluding hydrogens is 362 g/mol. The van der Waals surface area contributed by atoms with Gasteiger partial charge in [-0.25, -0.2) is 9.18 Å². The van der Waals surface area contributed by atoms with Crippen LogP contribution in [0.4, 0.5) is 14.5 Å². The largest absolute Gasteiger partial charge is 0.506 e. The zero-order valence-electron chi connectivity index (χ0n) is 13.0. The van der Waals surface area contributed by atoms with E-state index in [4.69, 9.17) is 16.3 Å². The van der Waals surface area contributed by atoms with E-state index in [9.17, 15) is 28.8 Å². The van der Waals surface area contributed by atoms with E-state index in [-0.39, 0.29) is 12.6 Å². The maximum Gasteiger partial charge on any atom is 0.343 e. The van der Waals surface area contributed by atoms with E-state index < -0.39 is 50.1 Å². The van der Waals surface area contributed by atoms with Gasteiger partial charge in [0.05, 0.1) is 23.1 Å². The molecule has 0 radical (unpaired) electrons. The quantitative estimate of drug-likeness (QED) is 0.156. The van der Waals surface area contributed by atoms with Crippen LogP contribution in [0.2, 0.25) is 5.02 Å². The Balaban J connectivity index is 2.62. The molecule has 0 saturated heterocycles. The minimum atomic E-state index is -1.58. The lowest BCUT2D eigenvalue weighted by atomic mass is 10.1. The number of ether oxygens (including phenoxy) is 1. The molecule has 0 spiro atoms. The highest BCUT2D eigenvalue weighted by Gasteiger charge is 2.29. The van der Waals surface area contributed by atoms with Gasteiger partial charge in [-0.05, 0) is 19.8 Å². The molecule has 1 fully saturated rings. The van der Waals surface area contributed by atoms with Crippen LogP contribution in [0.3, 0.4) is 0 Å². The summed E-state index contributed by atoms with van der Waals surface area (Å²) in [4.78, 5) is 25.7. The van der Waals surface area contributed by atoms with Crippen LogP contribution in [0.15, 0.2) is 16.6 Å². The van der Waals surface area contributed by atoms with E-state index in [0.29, 0.717) is 6.07 Å². The molecule has 7 nitrogen and oxygen atoms in total. The number of aliphatic hydroxyl groups is 1. The Labute approximate surface area is 145 Å². The number of aliphatic imine (C=N–C) groups is 1. The number of aliphatic hydroxyl groups excluding tert-OH is 1. The fraction of sp³-hybridized carbons (Fsp3) is 0.333. The summed E-state index contributed by atoms with van der Waals surface area (Å²) in [6, 6.07) is 0.434. The van der Waals surface area contributed by atoms with Crippen molar-refractivity contribution >= 4 is 35.2 Å². The monoisotopic (exact) mass is 374 g/mol. The standard InChI is InChI=1S/C15H13ClF2N2O5/c1-2-25-15(22)9(6-19-7-3-4-7)14(21)8-5-10(20(23)24)13(18)11(16)12(8)17/h5-7,21H,2-4H2,1H3/b14-9+,19-6?. The van der Waals surface area contributed by atoms with Crippen LogP contribution in [0.25, 0.3) is 5.76 Å². The number of hydrogen-bond acceptors (Lipinski definition) is 6. The lowest BCUT2D eigenvalue weighted by Gasteiger charge is -2.09. The van der Waals surface area contributed by atoms with E-state index in [0.717, 1.165) is 19.1 Å². The maximum atomic E-state index is 14.2. The topological polar surface area (TPSA) is 102 Å². The molecule has 0 aromatic heterocycles. The first-order valence-electron chi connectivity index (χ1n) is 7.23. The number of nitro groups is 1. The minimum absolute atomic E-state index is 0.0202. The summed E-state index contributed by atoms with van der Waals surface area (Å²) >= 11 is 5.42. The molecule has 10 heteroatoms. The SMILES string of the molecule is CCOC(=O)/C(C=NC1CC1)=C(/O)c1cc([N+](=O)[O-])c(F)c(Cl)c1F. The third-order valence-electron chi connectivity index (χ3n) is 3.29. The smallest absolute Gasteiger partial charge is 0.343 e. The van der Waals surface area contributed by atoms with Gasteiger partial charge in [-0.1, -0.05) is 11.6 Å². The second-order valence-corrected chi connectivity index (χ2v) is 5.51. The van der Waals surface area contributed by atoms with Crippen LogP contribution in [-0.4, -0.2) is 34.9 Å². The second-order valence-electron chi connectivity index (χ2n) is 5.13. The number of esters is 1. The highest BCUT2D eigenvalue weighted by atomic mass is 35.5. The molecule has 134 valence electrons. The molecule has 0 atom stereocenters. The summed E-state index contributed by atoms with van der Waals surface area (Å²) in [5.41, 5.74) is -2.46. The highest BCUT2D eigenvalue weighted by molar-refractivity contribution is 6.31. The average Bonchev–Trinajstić information content (AvgIpc) is 3.37. The Kier molecular flexibility index (Phi) is 5.68. The van der Waals surface area contributed by atoms with Crippen LogP contribution < -0.4 is 0 Å². The van der Waals surface area contributed by atoms with Gasteiger partial charge in [0.2, 0.25) is 5.82 Å². The second kappa shape index (κ2) is 7.56. The number of rotatable bonds is 6. The predicted octanol–water partition coefficient (Wildman–Crippen LogP) is 3.59. The Morgan fingerprint density at radius 2 is 2.16 bits per heavy atom. The number of hydrogen-bond donors (Lipinski definition) is 1. The first-order valence-corrected chi connectivity index (χ1v) is 7.61. The van der Waals surface area contributed by atoms with Crippen LogP contribution in [-0.2, 0) is 9.53 Å². The molecule has 1 aromatic carbocycles. The van der Waals surface area contributed by atoms with Gasteiger partial charge in [-0.2, -0.15) is 4.39 Å². The van der Waals surface area contributed by atoms with Gasteiger partial charge in [0, 0.05) is 12.3 Å². The lowest BCUT2D eigenvalue weighted by Crippen LogP contribution is -2.12. The highest BCUT2D eigenvalue weighted by Crippen LogP contribution is 2.34. The zero-order valence-corrected chi connectivity index (χ0v) is 13.7. The van der Waals surface area contributed by atoms with Crippen LogP contribution in [0.5, 0.6) is 0 Å². The summed E-state index contributed by atoms with van der Waals surface area (Å²) < 4.78 is 32.6. The van der Waals surface area contributed by atoms with Gasteiger partial charge in [0.15, 0.2) is 5.82 Å². The number of halogens is 3. The number of carbonyl (C=O) groups excluding carboxylic acids is 1. The van der Waals surface area contributed by atoms with Crippen molar-refractivity contribution in [1.82, 2.24) is 0 Å². The third-order valence-corrected chi connectivity index (χ3v) is 3.62. The van der Waals surface area contributed by atoms with E-state index in [1.807, 2.05) is 0 Å². The number of benzene rings is 1. The van der Waals surface area contributed by atoms with E-state index in [2.05, 4.69) is 4.99 Å². The van der Waals surface area contributed by atoms with Crippen molar-refractivity contribution in [2.45, 2.75) is 25.8 Å². The normalized spacial score (nSPS) is 15.2. The fourth-order valence-corrected chi connectivity index (χ4v) is 2.06. The fourth-order valence-electron chi connectivity index (χ4n) is 1.86. The van der Waals surface area contributed by atoms with Crippen molar-refractivity contribution in [2.24, 2.45) is 4.99 Å². The molecule has 1 saturated carbocycles. The molecule has 1 aromatic rings. The zero-order chi connectivity index (χ0) is 18.7. The average molecular weight is 375 g/mol. The van der Waals surface area contributed by atoms with Crippen molar-refractivity contribution in [3.05, 3.63) is 44.0 Å². The molecule has 25 heavy (non-hydrogen) atoms. The van der Waals surface area contributed by atoms with Crippen molar-refractivity contribution in [1.29, 1.82) is 0 Å². The Morgan fingerprint density at radius 3 is 2.68 bits per heavy atom. The van der Waals surface area contributed by atoms with Gasteiger partial charge < -0.3 is 9.84 Å². The van der Waals surface area contributed by atoms with Gasteiger partial charge in [-0.3, -0.25) is 15.1 Å². The predicted molar refractivity (Wildman–Crippen MR) is 85.7 cm³/mol. The summed E-state index contributed by atoms with van der Waals surface area (Å²) in [6.07, 6.45) is 2.61. The molecule has 0 amide bonds. The minimum Gasteiger partial charge on any atom is -0.506 e. The Hall–Kier alpha value is -2.55. The van der Waals surface area contributed by atoms with Crippen molar-refractivity contribution in [3.8, 4) is 0 Å². The van der Waals surface area contributed by atoms with Gasteiger partial charge in [0.1, 0.15) is 16.4 Å². The molecule has 1 aliphatic rings. The van der Waals surface area contributed by atoms with Gasteiger partial charge in [-0.15, -0.1) is 0 Å². The number of nitro benzene ring substituents is 1. The summed E-state index contributed by atoms with van der Waals surface area (Å²) in [5.74, 6) is -5.01. The molecule has 0 bridgehead atoms. The van der Waals surface area contributed by atoms with Crippen LogP contribution in [0.1, 0.15) is 25.3 Å². The molecule has 2 rings (SSSR count). The summed E-state index contributed by atoms with van der Waals surface area (Å²) in [6.45, 7) is 1.49. The summed E-state index contributed by atoms with van der Waals surface area (Å²) in [5, 5.41) is 19.9. The Morgan fingerprint density at radius 1 is 1.52 bits per heavy atom. The molecule has 0 unspecified atom stereocenters. The van der Waals surface area contributed by atoms with Crippen molar-refractivity contribution in [2.75, 3.05) is 6.61 Å². The molecule has 1 aliphatic carbocycles. The number of carbonyl (C=O) groups is 1. The molecule has 0 heterocycles. The van der Waals surface area contributed by atoms with Crippen LogP contribution in [0, 0.1) is 21.7 Å². The Bertz CT molecular complexity index is 791. The van der Waals surface area contributed by atoms with Crippen molar-refractivity contribution in [3.63, 3.8) is 0 Å². The summed E-state index contributed by atoms with van der Waals surface area (Å²) in [7, 11) is 0. The van der Waals surface area contributed by atoms with E-state index in [1.54, 1.807) is 0 Å². The lowest BCUT2D eigenvalue weighted by molar-refractivity contribution is -0.387. The van der Waals surface area contributed by atoms with Gasteiger partial charge >= 0.3 is 11.7 Å². The van der Waals surface area contributed by atoms with Crippen LogP contribution >= 0.6 is 11.6 Å². The molecule has 0 aliphatic heterocycles. The van der Waals surface area contributed by atoms with E-state index in [1.165, 1.54) is 6.92 Å². The molecular formula is C15H13ClF2N2O5. The molecule has 1 N–H and O–H groups in total. The third kappa shape index (κ3) is 4.11. The first-order chi connectivity index (χ1) is 11.8. The van der Waals surface area contributed by atoms with E-state index >= 15 is 0 Å². The maximum absolute atomic E-state index is 14.2. The van der Waals surface area contributed by atoms with Crippen molar-refractivity contribution < 1.29 is 28.3 Å². The first kappa shape index (κ1) is 18.8.